The Balaban J connectivity index is 1.83. The Morgan fingerprint density at radius 2 is 2.05 bits per heavy atom. The van der Waals surface area contributed by atoms with Gasteiger partial charge in [0.15, 0.2) is 5.65 Å². The molecule has 0 spiro atoms. The number of aryl methyl sites for hydroxylation is 2. The summed E-state index contributed by atoms with van der Waals surface area (Å²) in [4.78, 5) is 8.53. The Morgan fingerprint density at radius 1 is 1.27 bits per heavy atom. The van der Waals surface area contributed by atoms with Crippen LogP contribution < -0.4 is 0 Å². The highest BCUT2D eigenvalue weighted by Gasteiger charge is 2.15. The number of hydrogen-bond acceptors (Lipinski definition) is 5. The molecule has 0 saturated heterocycles. The minimum atomic E-state index is -0.194. The molecule has 3 rings (SSSR count). The third kappa shape index (κ3) is 2.95. The first-order valence-electron chi connectivity index (χ1n) is 6.92. The van der Waals surface area contributed by atoms with Crippen molar-refractivity contribution in [2.45, 2.75) is 23.6 Å². The fourth-order valence-corrected chi connectivity index (χ4v) is 3.20. The summed E-state index contributed by atoms with van der Waals surface area (Å²) < 4.78 is 1.71. The molecule has 0 fully saturated rings. The molecule has 1 aromatic carbocycles. The lowest BCUT2D eigenvalue weighted by molar-refractivity contribution is 0.784. The van der Waals surface area contributed by atoms with Gasteiger partial charge in [-0.05, 0) is 18.9 Å². The van der Waals surface area contributed by atoms with E-state index in [1.54, 1.807) is 10.9 Å². The second-order valence-corrected chi connectivity index (χ2v) is 6.30. The molecule has 0 bridgehead atoms. The first kappa shape index (κ1) is 14.5. The van der Waals surface area contributed by atoms with Crippen LogP contribution in [0.2, 0.25) is 0 Å². The number of aromatic nitrogens is 4. The van der Waals surface area contributed by atoms with Gasteiger partial charge in [-0.1, -0.05) is 41.6 Å². The molecule has 0 N–H and O–H groups in total. The molecule has 2 aromatic heterocycles. The van der Waals surface area contributed by atoms with Crippen LogP contribution in [0.3, 0.4) is 0 Å². The van der Waals surface area contributed by atoms with Gasteiger partial charge in [0.2, 0.25) is 0 Å². The highest BCUT2D eigenvalue weighted by Crippen LogP contribution is 2.29. The molecule has 0 aliphatic rings. The smallest absolute Gasteiger partial charge is 0.162 e. The molecule has 0 amide bonds. The topological polar surface area (TPSA) is 67.4 Å². The third-order valence-corrected chi connectivity index (χ3v) is 4.54. The van der Waals surface area contributed by atoms with E-state index in [9.17, 15) is 5.26 Å². The molecule has 0 aliphatic heterocycles. The molecule has 0 saturated carbocycles. The van der Waals surface area contributed by atoms with Gasteiger partial charge in [-0.25, -0.2) is 9.97 Å². The molecular formula is C16H15N5S. The van der Waals surface area contributed by atoms with E-state index in [4.69, 9.17) is 0 Å². The monoisotopic (exact) mass is 309 g/mol. The Morgan fingerprint density at radius 3 is 2.77 bits per heavy atom. The molecule has 6 heteroatoms. The van der Waals surface area contributed by atoms with Crippen LogP contribution in [-0.2, 0) is 13.5 Å². The molecule has 2 heterocycles. The van der Waals surface area contributed by atoms with Crippen molar-refractivity contribution in [1.29, 1.82) is 5.26 Å². The highest BCUT2D eigenvalue weighted by atomic mass is 32.2. The van der Waals surface area contributed by atoms with Gasteiger partial charge in [-0.15, -0.1) is 0 Å². The highest BCUT2D eigenvalue weighted by molar-refractivity contribution is 8.00. The van der Waals surface area contributed by atoms with Crippen molar-refractivity contribution >= 4 is 22.8 Å². The van der Waals surface area contributed by atoms with Gasteiger partial charge in [-0.2, -0.15) is 10.4 Å². The van der Waals surface area contributed by atoms with Gasteiger partial charge in [0.05, 0.1) is 17.7 Å². The molecular weight excluding hydrogens is 294 g/mol. The van der Waals surface area contributed by atoms with Gasteiger partial charge in [0.25, 0.3) is 0 Å². The average molecular weight is 309 g/mol. The SMILES string of the molecule is Cc1ccc(C[C@H](C#N)Sc2ncnc3c2cnn3C)cc1. The average Bonchev–Trinajstić information content (AvgIpc) is 2.91. The lowest BCUT2D eigenvalue weighted by Crippen LogP contribution is -2.05. The summed E-state index contributed by atoms with van der Waals surface area (Å²) in [5.41, 5.74) is 3.16. The van der Waals surface area contributed by atoms with Crippen LogP contribution in [0.1, 0.15) is 11.1 Å². The van der Waals surface area contributed by atoms with E-state index >= 15 is 0 Å². The van der Waals surface area contributed by atoms with Crippen LogP contribution in [0, 0.1) is 18.3 Å². The molecule has 1 atom stereocenters. The summed E-state index contributed by atoms with van der Waals surface area (Å²) >= 11 is 1.47. The van der Waals surface area contributed by atoms with Crippen molar-refractivity contribution in [1.82, 2.24) is 19.7 Å². The number of nitrogens with zero attached hydrogens (tertiary/aromatic N) is 5. The second-order valence-electron chi connectivity index (χ2n) is 5.11. The van der Waals surface area contributed by atoms with Crippen LogP contribution in [0.15, 0.2) is 41.8 Å². The zero-order valence-corrected chi connectivity index (χ0v) is 13.2. The van der Waals surface area contributed by atoms with Gasteiger partial charge >= 0.3 is 0 Å². The van der Waals surface area contributed by atoms with Crippen LogP contribution in [0.5, 0.6) is 0 Å². The van der Waals surface area contributed by atoms with Crippen LogP contribution in [-0.4, -0.2) is 25.0 Å². The maximum Gasteiger partial charge on any atom is 0.162 e. The molecule has 0 aliphatic carbocycles. The molecule has 3 aromatic rings. The van der Waals surface area contributed by atoms with E-state index < -0.39 is 0 Å². The van der Waals surface area contributed by atoms with Gasteiger partial charge in [0, 0.05) is 7.05 Å². The quantitative estimate of drug-likeness (QED) is 0.547. The van der Waals surface area contributed by atoms with Gasteiger partial charge in [-0.3, -0.25) is 4.68 Å². The Hall–Kier alpha value is -2.39. The number of benzene rings is 1. The van der Waals surface area contributed by atoms with Crippen molar-refractivity contribution in [2.75, 3.05) is 0 Å². The molecule has 22 heavy (non-hydrogen) atoms. The first-order chi connectivity index (χ1) is 10.7. The maximum absolute atomic E-state index is 9.45. The lowest BCUT2D eigenvalue weighted by Gasteiger charge is -2.09. The van der Waals surface area contributed by atoms with Crippen LogP contribution >= 0.6 is 11.8 Å². The van der Waals surface area contributed by atoms with Crippen molar-refractivity contribution in [3.8, 4) is 6.07 Å². The summed E-state index contributed by atoms with van der Waals surface area (Å²) in [5, 5.41) is 15.1. The number of thioether (sulfide) groups is 1. The third-order valence-electron chi connectivity index (χ3n) is 3.43. The van der Waals surface area contributed by atoms with Crippen molar-refractivity contribution in [3.63, 3.8) is 0 Å². The Labute approximate surface area is 133 Å². The molecule has 5 nitrogen and oxygen atoms in total. The molecule has 0 radical (unpaired) electrons. The minimum absolute atomic E-state index is 0.194. The van der Waals surface area contributed by atoms with E-state index in [1.165, 1.54) is 23.7 Å². The van der Waals surface area contributed by atoms with Crippen molar-refractivity contribution in [3.05, 3.63) is 47.9 Å². The number of hydrogen-bond donors (Lipinski definition) is 0. The van der Waals surface area contributed by atoms with E-state index in [-0.39, 0.29) is 5.25 Å². The summed E-state index contributed by atoms with van der Waals surface area (Å²) in [6.45, 7) is 2.06. The van der Waals surface area contributed by atoms with E-state index in [1.807, 2.05) is 7.05 Å². The van der Waals surface area contributed by atoms with Gasteiger partial charge < -0.3 is 0 Å². The second kappa shape index (κ2) is 6.16. The van der Waals surface area contributed by atoms with E-state index in [2.05, 4.69) is 52.3 Å². The zero-order chi connectivity index (χ0) is 15.5. The van der Waals surface area contributed by atoms with E-state index in [0.29, 0.717) is 6.42 Å². The predicted molar refractivity (Wildman–Crippen MR) is 86.4 cm³/mol. The normalized spacial score (nSPS) is 12.2. The fraction of sp³-hybridized carbons (Fsp3) is 0.250. The number of rotatable bonds is 4. The van der Waals surface area contributed by atoms with Crippen LogP contribution in [0.25, 0.3) is 11.0 Å². The zero-order valence-electron chi connectivity index (χ0n) is 12.4. The first-order valence-corrected chi connectivity index (χ1v) is 7.80. The fourth-order valence-electron chi connectivity index (χ4n) is 2.22. The van der Waals surface area contributed by atoms with Gasteiger partial charge in [0.1, 0.15) is 16.6 Å². The van der Waals surface area contributed by atoms with Crippen molar-refractivity contribution in [2.24, 2.45) is 7.05 Å². The summed E-state index contributed by atoms with van der Waals surface area (Å²) in [5.74, 6) is 0. The lowest BCUT2D eigenvalue weighted by atomic mass is 10.1. The standard InChI is InChI=1S/C16H15N5S/c1-11-3-5-12(6-4-11)7-13(8-17)22-16-14-9-20-21(2)15(14)18-10-19-16/h3-6,9-10,13H,7H2,1-2H3/t13-/m1/s1. The van der Waals surface area contributed by atoms with Crippen LogP contribution in [0.4, 0.5) is 0 Å². The van der Waals surface area contributed by atoms with Crippen molar-refractivity contribution < 1.29 is 0 Å². The number of nitriles is 1. The maximum atomic E-state index is 9.45. The Kier molecular flexibility index (Phi) is 4.07. The molecule has 110 valence electrons. The Bertz CT molecular complexity index is 832. The van der Waals surface area contributed by atoms with E-state index in [0.717, 1.165) is 21.6 Å². The summed E-state index contributed by atoms with van der Waals surface area (Å²) in [6.07, 6.45) is 3.96. The minimum Gasteiger partial charge on any atom is -0.250 e. The predicted octanol–water partition coefficient (Wildman–Crippen LogP) is 2.90. The largest absolute Gasteiger partial charge is 0.250 e. The molecule has 0 unspecified atom stereocenters. The summed E-state index contributed by atoms with van der Waals surface area (Å²) in [6, 6.07) is 10.6. The summed E-state index contributed by atoms with van der Waals surface area (Å²) in [7, 11) is 1.85. The number of fused-ring (bicyclic) bond motifs is 1.